The van der Waals surface area contributed by atoms with E-state index in [0.717, 1.165) is 5.75 Å². The van der Waals surface area contributed by atoms with Crippen molar-refractivity contribution >= 4 is 19.2 Å². The zero-order chi connectivity index (χ0) is 17.0. The Balaban J connectivity index is 1.98. The van der Waals surface area contributed by atoms with E-state index in [2.05, 4.69) is 105 Å². The molecule has 0 amide bonds. The Morgan fingerprint density at radius 1 is 0.583 bits per heavy atom. The highest BCUT2D eigenvalue weighted by molar-refractivity contribution is 7.97. The molecule has 0 aliphatic heterocycles. The molecule has 1 nitrogen and oxygen atoms in total. The van der Waals surface area contributed by atoms with E-state index in [-0.39, 0.29) is 10.9 Å². The van der Waals surface area contributed by atoms with Gasteiger partial charge in [0.05, 0.1) is 10.9 Å². The highest BCUT2D eigenvalue weighted by Gasteiger charge is 2.28. The van der Waals surface area contributed by atoms with Crippen molar-refractivity contribution in [2.24, 2.45) is 0 Å². The molecular formula is C21H23OSSi+. The van der Waals surface area contributed by atoms with Crippen molar-refractivity contribution in [1.29, 1.82) is 0 Å². The average Bonchev–Trinajstić information content (AvgIpc) is 2.57. The average molecular weight is 352 g/mol. The predicted molar refractivity (Wildman–Crippen MR) is 105 cm³/mol. The van der Waals surface area contributed by atoms with Crippen LogP contribution in [0.2, 0.25) is 19.6 Å². The van der Waals surface area contributed by atoms with Gasteiger partial charge in [0, 0.05) is 0 Å². The topological polar surface area (TPSA) is 9.23 Å². The van der Waals surface area contributed by atoms with E-state index in [9.17, 15) is 0 Å². The minimum atomic E-state index is -1.57. The first-order valence-electron chi connectivity index (χ1n) is 8.16. The van der Waals surface area contributed by atoms with Crippen LogP contribution < -0.4 is 4.43 Å². The van der Waals surface area contributed by atoms with Gasteiger partial charge < -0.3 is 4.43 Å². The van der Waals surface area contributed by atoms with Gasteiger partial charge in [-0.1, -0.05) is 36.4 Å². The van der Waals surface area contributed by atoms with Gasteiger partial charge in [-0.25, -0.2) is 0 Å². The third-order valence-corrected chi connectivity index (χ3v) is 6.52. The molecule has 3 rings (SSSR count). The van der Waals surface area contributed by atoms with Crippen molar-refractivity contribution in [3.05, 3.63) is 84.9 Å². The second kappa shape index (κ2) is 7.28. The SMILES string of the molecule is C[Si](C)(C)Oc1ccc([S+](c2ccccc2)c2ccccc2)cc1. The molecule has 3 aromatic carbocycles. The molecular weight excluding hydrogens is 328 g/mol. The van der Waals surface area contributed by atoms with Crippen molar-refractivity contribution in [2.75, 3.05) is 0 Å². The first kappa shape index (κ1) is 16.9. The van der Waals surface area contributed by atoms with Crippen molar-refractivity contribution in [3.63, 3.8) is 0 Å². The van der Waals surface area contributed by atoms with Crippen LogP contribution in [-0.4, -0.2) is 8.32 Å². The lowest BCUT2D eigenvalue weighted by atomic mass is 10.3. The molecule has 3 heteroatoms. The van der Waals surface area contributed by atoms with Crippen LogP contribution in [-0.2, 0) is 10.9 Å². The number of rotatable bonds is 5. The van der Waals surface area contributed by atoms with Crippen LogP contribution in [0.3, 0.4) is 0 Å². The third kappa shape index (κ3) is 4.31. The largest absolute Gasteiger partial charge is 0.544 e. The molecule has 0 radical (unpaired) electrons. The fraction of sp³-hybridized carbons (Fsp3) is 0.143. The monoisotopic (exact) mass is 351 g/mol. The first-order chi connectivity index (χ1) is 11.5. The fourth-order valence-electron chi connectivity index (χ4n) is 2.52. The van der Waals surface area contributed by atoms with Crippen molar-refractivity contribution in [1.82, 2.24) is 0 Å². The van der Waals surface area contributed by atoms with E-state index in [1.54, 1.807) is 0 Å². The van der Waals surface area contributed by atoms with Gasteiger partial charge in [0.1, 0.15) is 5.75 Å². The van der Waals surface area contributed by atoms with E-state index in [0.29, 0.717) is 0 Å². The summed E-state index contributed by atoms with van der Waals surface area (Å²) in [6.45, 7) is 6.62. The van der Waals surface area contributed by atoms with Gasteiger partial charge in [-0.3, -0.25) is 0 Å². The summed E-state index contributed by atoms with van der Waals surface area (Å²) in [5.41, 5.74) is 0. The summed E-state index contributed by atoms with van der Waals surface area (Å²) in [4.78, 5) is 3.99. The Hall–Kier alpha value is -1.97. The lowest BCUT2D eigenvalue weighted by Crippen LogP contribution is -2.29. The molecule has 0 spiro atoms. The highest BCUT2D eigenvalue weighted by Crippen LogP contribution is 2.32. The molecule has 0 aliphatic carbocycles. The number of hydrogen-bond donors (Lipinski definition) is 0. The zero-order valence-electron chi connectivity index (χ0n) is 14.4. The summed E-state index contributed by atoms with van der Waals surface area (Å²) in [6.07, 6.45) is 0. The van der Waals surface area contributed by atoms with Gasteiger partial charge in [-0.05, 0) is 68.2 Å². The van der Waals surface area contributed by atoms with Gasteiger partial charge in [-0.2, -0.15) is 0 Å². The Morgan fingerprint density at radius 2 is 1.00 bits per heavy atom. The van der Waals surface area contributed by atoms with Crippen molar-refractivity contribution < 1.29 is 4.43 Å². The fourth-order valence-corrected chi connectivity index (χ4v) is 5.45. The molecule has 0 fully saturated rings. The van der Waals surface area contributed by atoms with Gasteiger partial charge in [-0.15, -0.1) is 0 Å². The van der Waals surface area contributed by atoms with Crippen LogP contribution in [0.5, 0.6) is 5.75 Å². The van der Waals surface area contributed by atoms with Gasteiger partial charge in [0.15, 0.2) is 14.7 Å². The Kier molecular flexibility index (Phi) is 5.12. The number of hydrogen-bond acceptors (Lipinski definition) is 1. The van der Waals surface area contributed by atoms with Crippen LogP contribution >= 0.6 is 0 Å². The van der Waals surface area contributed by atoms with E-state index >= 15 is 0 Å². The normalized spacial score (nSPS) is 11.5. The lowest BCUT2D eigenvalue weighted by molar-refractivity contribution is 0.557. The van der Waals surface area contributed by atoms with Crippen LogP contribution in [0, 0.1) is 0 Å². The maximum absolute atomic E-state index is 6.09. The maximum atomic E-state index is 6.09. The standard InChI is InChI=1S/C21H23OSSi/c1-24(2,3)22-18-14-16-21(17-15-18)23(19-10-6-4-7-11-19)20-12-8-5-9-13-20/h4-17H,1-3H3/q+1. The summed E-state index contributed by atoms with van der Waals surface area (Å²) in [7, 11) is -1.66. The second-order valence-electron chi connectivity index (χ2n) is 6.62. The highest BCUT2D eigenvalue weighted by atomic mass is 32.2. The van der Waals surface area contributed by atoms with Crippen molar-refractivity contribution in [2.45, 2.75) is 34.3 Å². The summed E-state index contributed by atoms with van der Waals surface area (Å²) < 4.78 is 6.09. The summed E-state index contributed by atoms with van der Waals surface area (Å²) in [5.74, 6) is 0.975. The molecule has 0 atom stereocenters. The van der Waals surface area contributed by atoms with E-state index in [1.807, 2.05) is 0 Å². The Morgan fingerprint density at radius 3 is 1.42 bits per heavy atom. The Bertz CT molecular complexity index is 725. The summed E-state index contributed by atoms with van der Waals surface area (Å²) in [6, 6.07) is 30.1. The molecule has 0 bridgehead atoms. The van der Waals surface area contributed by atoms with Crippen LogP contribution in [0.15, 0.2) is 99.6 Å². The third-order valence-electron chi connectivity index (χ3n) is 3.44. The molecule has 0 aromatic heterocycles. The second-order valence-corrected chi connectivity index (χ2v) is 13.1. The minimum Gasteiger partial charge on any atom is -0.544 e. The molecule has 24 heavy (non-hydrogen) atoms. The Labute approximate surface area is 148 Å². The molecule has 122 valence electrons. The molecule has 0 saturated carbocycles. The van der Waals surface area contributed by atoms with Gasteiger partial charge in [0.2, 0.25) is 8.32 Å². The van der Waals surface area contributed by atoms with Gasteiger partial charge >= 0.3 is 0 Å². The van der Waals surface area contributed by atoms with Gasteiger partial charge in [0.25, 0.3) is 0 Å². The number of benzene rings is 3. The van der Waals surface area contributed by atoms with Crippen molar-refractivity contribution in [3.8, 4) is 5.75 Å². The van der Waals surface area contributed by atoms with Crippen LogP contribution in [0.1, 0.15) is 0 Å². The van der Waals surface area contributed by atoms with E-state index in [4.69, 9.17) is 4.43 Å². The minimum absolute atomic E-state index is 0.0903. The molecule has 0 N–H and O–H groups in total. The predicted octanol–water partition coefficient (Wildman–Crippen LogP) is 6.00. The smallest absolute Gasteiger partial charge is 0.242 e. The van der Waals surface area contributed by atoms with Crippen LogP contribution in [0.25, 0.3) is 0 Å². The quantitative estimate of drug-likeness (QED) is 0.405. The molecule has 0 saturated heterocycles. The summed E-state index contributed by atoms with van der Waals surface area (Å²) in [5, 5.41) is 0. The molecule has 3 aromatic rings. The maximum Gasteiger partial charge on any atom is 0.242 e. The first-order valence-corrected chi connectivity index (χ1v) is 12.8. The molecule has 0 unspecified atom stereocenters. The zero-order valence-corrected chi connectivity index (χ0v) is 16.2. The van der Waals surface area contributed by atoms with E-state index in [1.165, 1.54) is 14.7 Å². The molecule has 0 heterocycles. The van der Waals surface area contributed by atoms with Crippen LogP contribution in [0.4, 0.5) is 0 Å². The molecule has 0 aliphatic rings. The van der Waals surface area contributed by atoms with E-state index < -0.39 is 8.32 Å². The lowest BCUT2D eigenvalue weighted by Gasteiger charge is -2.19. The summed E-state index contributed by atoms with van der Waals surface area (Å²) >= 11 is 0.